The van der Waals surface area contributed by atoms with Crippen LogP contribution in [0.4, 0.5) is 4.79 Å². The Morgan fingerprint density at radius 1 is 1.00 bits per heavy atom. The molecule has 7 nitrogen and oxygen atoms in total. The Bertz CT molecular complexity index is 910. The molecule has 0 aliphatic carbocycles. The first kappa shape index (κ1) is 25.2. The van der Waals surface area contributed by atoms with Gasteiger partial charge in [0.2, 0.25) is 5.91 Å². The van der Waals surface area contributed by atoms with Crippen LogP contribution in [0.2, 0.25) is 0 Å². The lowest BCUT2D eigenvalue weighted by Crippen LogP contribution is -2.53. The van der Waals surface area contributed by atoms with E-state index >= 15 is 0 Å². The number of nitrogens with zero attached hydrogens (tertiary/aromatic N) is 3. The Morgan fingerprint density at radius 2 is 1.60 bits per heavy atom. The van der Waals surface area contributed by atoms with Crippen molar-refractivity contribution in [3.05, 3.63) is 71.8 Å². The van der Waals surface area contributed by atoms with Crippen molar-refractivity contribution in [3.8, 4) is 0 Å². The third kappa shape index (κ3) is 6.61. The highest BCUT2D eigenvalue weighted by molar-refractivity contribution is 5.82. The molecule has 4 rings (SSSR count). The molecule has 0 unspecified atom stereocenters. The van der Waals surface area contributed by atoms with Gasteiger partial charge in [-0.3, -0.25) is 15.0 Å². The quantitative estimate of drug-likeness (QED) is 0.603. The van der Waals surface area contributed by atoms with Gasteiger partial charge in [0, 0.05) is 32.6 Å². The number of piperidine rings is 1. The van der Waals surface area contributed by atoms with Crippen molar-refractivity contribution in [3.63, 3.8) is 0 Å². The zero-order valence-corrected chi connectivity index (χ0v) is 20.7. The number of rotatable bonds is 8. The molecule has 35 heavy (non-hydrogen) atoms. The number of likely N-dealkylation sites (tertiary alicyclic amines) is 1. The largest absolute Gasteiger partial charge is 0.465 e. The fourth-order valence-electron chi connectivity index (χ4n) is 5.31. The molecule has 2 N–H and O–H groups in total. The van der Waals surface area contributed by atoms with E-state index in [9.17, 15) is 14.7 Å². The van der Waals surface area contributed by atoms with Crippen molar-refractivity contribution >= 4 is 12.0 Å². The maximum absolute atomic E-state index is 13.8. The molecular formula is C28H38N4O3. The van der Waals surface area contributed by atoms with Gasteiger partial charge in [0.05, 0.1) is 12.2 Å². The van der Waals surface area contributed by atoms with Crippen LogP contribution >= 0.6 is 0 Å². The molecule has 0 bridgehead atoms. The molecule has 2 fully saturated rings. The van der Waals surface area contributed by atoms with Crippen LogP contribution in [0.5, 0.6) is 0 Å². The number of hydrogen-bond donors (Lipinski definition) is 2. The summed E-state index contributed by atoms with van der Waals surface area (Å²) in [6, 6.07) is 20.2. The van der Waals surface area contributed by atoms with Crippen LogP contribution in [0, 0.1) is 0 Å². The normalized spacial score (nSPS) is 21.7. The maximum Gasteiger partial charge on any atom is 0.408 e. The number of carboxylic acid groups (broad SMARTS) is 1. The number of benzene rings is 2. The Balaban J connectivity index is 1.55. The van der Waals surface area contributed by atoms with Gasteiger partial charge in [0.15, 0.2) is 0 Å². The first-order chi connectivity index (χ1) is 17.0. The third-order valence-corrected chi connectivity index (χ3v) is 7.43. The summed E-state index contributed by atoms with van der Waals surface area (Å²) in [5.41, 5.74) is 2.35. The van der Waals surface area contributed by atoms with Gasteiger partial charge in [0.1, 0.15) is 0 Å². The highest BCUT2D eigenvalue weighted by atomic mass is 16.4. The Morgan fingerprint density at radius 3 is 2.17 bits per heavy atom. The molecule has 2 aromatic rings. The zero-order chi connectivity index (χ0) is 24.6. The average Bonchev–Trinajstić information content (AvgIpc) is 3.05. The lowest BCUT2D eigenvalue weighted by molar-refractivity contribution is -0.133. The smallest absolute Gasteiger partial charge is 0.408 e. The molecule has 2 aliphatic rings. The summed E-state index contributed by atoms with van der Waals surface area (Å²) in [6.07, 6.45) is 3.56. The summed E-state index contributed by atoms with van der Waals surface area (Å²) in [5, 5.41) is 13.0. The second-order valence-electron chi connectivity index (χ2n) is 9.77. The molecule has 0 saturated carbocycles. The van der Waals surface area contributed by atoms with Crippen LogP contribution in [-0.4, -0.2) is 83.8 Å². The number of carbonyl (C=O) groups excluding carboxylic acids is 1. The molecule has 0 radical (unpaired) electrons. The lowest BCUT2D eigenvalue weighted by Gasteiger charge is -2.32. The predicted octanol–water partition coefficient (Wildman–Crippen LogP) is 3.82. The van der Waals surface area contributed by atoms with Crippen molar-refractivity contribution < 1.29 is 14.7 Å². The van der Waals surface area contributed by atoms with Crippen LogP contribution in [0.15, 0.2) is 60.7 Å². The van der Waals surface area contributed by atoms with Crippen molar-refractivity contribution in [2.45, 2.75) is 50.2 Å². The van der Waals surface area contributed by atoms with Gasteiger partial charge in [-0.2, -0.15) is 0 Å². The average molecular weight is 479 g/mol. The van der Waals surface area contributed by atoms with Gasteiger partial charge in [-0.25, -0.2) is 4.79 Å². The maximum atomic E-state index is 13.8. The molecular weight excluding hydrogens is 440 g/mol. The van der Waals surface area contributed by atoms with E-state index in [4.69, 9.17) is 0 Å². The van der Waals surface area contributed by atoms with Crippen molar-refractivity contribution in [2.75, 3.05) is 39.8 Å². The van der Waals surface area contributed by atoms with E-state index in [1.54, 1.807) is 7.05 Å². The number of hydrogen-bond acceptors (Lipinski definition) is 4. The molecule has 0 spiro atoms. The number of amides is 2. The monoisotopic (exact) mass is 478 g/mol. The Kier molecular flexibility index (Phi) is 8.77. The van der Waals surface area contributed by atoms with Crippen LogP contribution in [-0.2, 0) is 4.79 Å². The van der Waals surface area contributed by atoms with Crippen molar-refractivity contribution in [1.82, 2.24) is 20.0 Å². The SMILES string of the molecule is CN(C(=O)O)[C@H]1CCN(CC(c2ccccc2)c2ccccc2)C(=O)[C@H](CCN2CCCCC2)N1. The van der Waals surface area contributed by atoms with E-state index in [1.807, 2.05) is 41.3 Å². The molecule has 0 aromatic heterocycles. The van der Waals surface area contributed by atoms with Gasteiger partial charge in [0.25, 0.3) is 0 Å². The van der Waals surface area contributed by atoms with Crippen molar-refractivity contribution in [2.24, 2.45) is 0 Å². The van der Waals surface area contributed by atoms with Gasteiger partial charge >= 0.3 is 6.09 Å². The molecule has 2 aromatic carbocycles. The standard InChI is InChI=1S/C28H38N4O3/c1-30(28(34)35)26-16-20-32(27(33)25(29-26)15-19-31-17-9-4-10-18-31)21-24(22-11-5-2-6-12-22)23-13-7-3-8-14-23/h2-3,5-8,11-14,24-26,29H,4,9-10,15-21H2,1H3,(H,34,35)/t25-,26-/m0/s1. The second kappa shape index (κ2) is 12.2. The first-order valence-corrected chi connectivity index (χ1v) is 12.9. The minimum atomic E-state index is -0.982. The third-order valence-electron chi connectivity index (χ3n) is 7.43. The Hall–Kier alpha value is -2.90. The molecule has 2 aliphatic heterocycles. The molecule has 2 heterocycles. The second-order valence-corrected chi connectivity index (χ2v) is 9.77. The van der Waals surface area contributed by atoms with Crippen LogP contribution in [0.25, 0.3) is 0 Å². The summed E-state index contributed by atoms with van der Waals surface area (Å²) in [7, 11) is 1.58. The van der Waals surface area contributed by atoms with Gasteiger partial charge in [-0.05, 0) is 49.9 Å². The van der Waals surface area contributed by atoms with Crippen molar-refractivity contribution in [1.29, 1.82) is 0 Å². The lowest BCUT2D eigenvalue weighted by atomic mass is 9.90. The molecule has 2 saturated heterocycles. The van der Waals surface area contributed by atoms with E-state index < -0.39 is 12.1 Å². The van der Waals surface area contributed by atoms with E-state index in [2.05, 4.69) is 34.5 Å². The summed E-state index contributed by atoms with van der Waals surface area (Å²) in [5.74, 6) is 0.123. The van der Waals surface area contributed by atoms with E-state index in [-0.39, 0.29) is 18.0 Å². The van der Waals surface area contributed by atoms with E-state index in [0.717, 1.165) is 19.6 Å². The minimum absolute atomic E-state index is 0.0536. The zero-order valence-electron chi connectivity index (χ0n) is 20.7. The van der Waals surface area contributed by atoms with Gasteiger partial charge in [-0.15, -0.1) is 0 Å². The highest BCUT2D eigenvalue weighted by Crippen LogP contribution is 2.27. The number of nitrogens with one attached hydrogen (secondary N) is 1. The molecule has 2 atom stereocenters. The van der Waals surface area contributed by atoms with E-state index in [1.165, 1.54) is 35.3 Å². The number of carbonyl (C=O) groups is 2. The summed E-state index contributed by atoms with van der Waals surface area (Å²) >= 11 is 0. The highest BCUT2D eigenvalue weighted by Gasteiger charge is 2.35. The molecule has 188 valence electrons. The Labute approximate surface area is 208 Å². The van der Waals surface area contributed by atoms with E-state index in [0.29, 0.717) is 25.9 Å². The minimum Gasteiger partial charge on any atom is -0.465 e. The van der Waals surface area contributed by atoms with Crippen LogP contribution < -0.4 is 5.32 Å². The summed E-state index contributed by atoms with van der Waals surface area (Å²) in [6.45, 7) is 4.09. The topological polar surface area (TPSA) is 76.1 Å². The van der Waals surface area contributed by atoms with Crippen LogP contribution in [0.3, 0.4) is 0 Å². The molecule has 7 heteroatoms. The van der Waals surface area contributed by atoms with Gasteiger partial charge in [-0.1, -0.05) is 67.1 Å². The fraction of sp³-hybridized carbons (Fsp3) is 0.500. The molecule has 2 amide bonds. The summed E-state index contributed by atoms with van der Waals surface area (Å²) < 4.78 is 0. The fourth-order valence-corrected chi connectivity index (χ4v) is 5.31. The van der Waals surface area contributed by atoms with Crippen LogP contribution in [0.1, 0.15) is 49.1 Å². The predicted molar refractivity (Wildman–Crippen MR) is 137 cm³/mol. The summed E-state index contributed by atoms with van der Waals surface area (Å²) in [4.78, 5) is 31.2. The first-order valence-electron chi connectivity index (χ1n) is 12.9. The van der Waals surface area contributed by atoms with Gasteiger partial charge < -0.3 is 14.9 Å².